The Hall–Kier alpha value is -2.21. The fourth-order valence-electron chi connectivity index (χ4n) is 5.32. The van der Waals surface area contributed by atoms with E-state index in [4.69, 9.17) is 4.74 Å². The number of fused-ring (bicyclic) bond motifs is 1. The summed E-state index contributed by atoms with van der Waals surface area (Å²) < 4.78 is 19.9. The highest BCUT2D eigenvalue weighted by atomic mass is 19.1. The molecule has 2 heterocycles. The van der Waals surface area contributed by atoms with E-state index < -0.39 is 6.04 Å². The van der Waals surface area contributed by atoms with Crippen molar-refractivity contribution in [1.82, 2.24) is 9.80 Å². The molecule has 0 N–H and O–H groups in total. The number of hydrogen-bond donors (Lipinski definition) is 0. The molecule has 168 valence electrons. The van der Waals surface area contributed by atoms with Crippen molar-refractivity contribution in [2.75, 3.05) is 26.2 Å². The number of carbonyl (C=O) groups is 2. The van der Waals surface area contributed by atoms with Crippen LogP contribution >= 0.6 is 0 Å². The Morgan fingerprint density at radius 2 is 1.71 bits per heavy atom. The van der Waals surface area contributed by atoms with E-state index in [1.165, 1.54) is 12.1 Å². The summed E-state index contributed by atoms with van der Waals surface area (Å²) in [6.07, 6.45) is 1.35. The van der Waals surface area contributed by atoms with E-state index in [1.54, 1.807) is 17.0 Å². The number of nitrogens with zero attached hydrogens (tertiary/aromatic N) is 2. The summed E-state index contributed by atoms with van der Waals surface area (Å²) in [6.45, 7) is 11.6. The average molecular weight is 429 g/mol. The van der Waals surface area contributed by atoms with Gasteiger partial charge in [0, 0.05) is 13.1 Å². The molecule has 1 aromatic rings. The number of carbonyl (C=O) groups excluding carboxylic acids is 2. The minimum Gasteiger partial charge on any atom is -0.483 e. The molecule has 0 radical (unpaired) electrons. The Morgan fingerprint density at radius 1 is 1.06 bits per heavy atom. The summed E-state index contributed by atoms with van der Waals surface area (Å²) >= 11 is 0. The minimum atomic E-state index is -0.512. The van der Waals surface area contributed by atoms with Crippen molar-refractivity contribution < 1.29 is 18.7 Å². The molecule has 0 saturated heterocycles. The lowest BCUT2D eigenvalue weighted by molar-refractivity contribution is -0.137. The smallest absolute Gasteiger partial charge is 0.290 e. The maximum absolute atomic E-state index is 13.7. The first-order valence-corrected chi connectivity index (χ1v) is 11.6. The summed E-state index contributed by atoms with van der Waals surface area (Å²) in [5, 5.41) is 0. The lowest BCUT2D eigenvalue weighted by atomic mass is 9.70. The van der Waals surface area contributed by atoms with Crippen molar-refractivity contribution in [2.45, 2.75) is 52.7 Å². The zero-order chi connectivity index (χ0) is 22.3. The molecule has 1 fully saturated rings. The van der Waals surface area contributed by atoms with Crippen molar-refractivity contribution >= 4 is 11.7 Å². The number of ether oxygens (including phenoxy) is 1. The van der Waals surface area contributed by atoms with Gasteiger partial charge in [-0.1, -0.05) is 39.8 Å². The quantitative estimate of drug-likeness (QED) is 0.688. The number of Topliss-reactive ketones (excluding diaryl/α,β-unsaturated/α-hetero) is 1. The molecule has 4 rings (SSSR count). The first-order chi connectivity index (χ1) is 14.8. The maximum atomic E-state index is 13.7. The first-order valence-electron chi connectivity index (χ1n) is 11.6. The Bertz CT molecular complexity index is 877. The average Bonchev–Trinajstić information content (AvgIpc) is 3.03. The number of likely N-dealkylation sites (N-methyl/N-ethyl adjacent to an activating group) is 1. The Kier molecular flexibility index (Phi) is 6.20. The number of ketones is 1. The molecule has 1 amide bonds. The Morgan fingerprint density at radius 3 is 2.35 bits per heavy atom. The van der Waals surface area contributed by atoms with E-state index >= 15 is 0 Å². The third-order valence-electron chi connectivity index (χ3n) is 7.54. The van der Waals surface area contributed by atoms with Crippen LogP contribution in [0.2, 0.25) is 0 Å². The molecule has 5 unspecified atom stereocenters. The van der Waals surface area contributed by atoms with Crippen molar-refractivity contribution in [3.05, 3.63) is 47.0 Å². The molecule has 6 heteroatoms. The van der Waals surface area contributed by atoms with Crippen LogP contribution in [0.4, 0.5) is 4.39 Å². The summed E-state index contributed by atoms with van der Waals surface area (Å²) in [5.74, 6) is 0.409. The van der Waals surface area contributed by atoms with Crippen molar-refractivity contribution in [1.29, 1.82) is 0 Å². The Balaban J connectivity index is 1.70. The van der Waals surface area contributed by atoms with E-state index in [0.29, 0.717) is 30.5 Å². The molecule has 1 aromatic carbocycles. The standard InChI is InChI=1S/C25H33FN2O3/c1-5-27(6-2)11-12-28-22(17-7-9-18(26)10-8-17)21-23(29)19-13-15(3)16(4)14-20(19)31-24(21)25(28)30/h7-10,15-16,19-20,22H,5-6,11-14H2,1-4H3. The summed E-state index contributed by atoms with van der Waals surface area (Å²) in [6, 6.07) is 5.63. The fraction of sp³-hybridized carbons (Fsp3) is 0.600. The van der Waals surface area contributed by atoms with Gasteiger partial charge >= 0.3 is 0 Å². The van der Waals surface area contributed by atoms with Crippen molar-refractivity contribution in [2.24, 2.45) is 17.8 Å². The van der Waals surface area contributed by atoms with Crippen LogP contribution in [-0.4, -0.2) is 53.8 Å². The van der Waals surface area contributed by atoms with Crippen LogP contribution in [0.15, 0.2) is 35.6 Å². The third kappa shape index (κ3) is 3.91. The molecule has 0 aromatic heterocycles. The molecule has 5 atom stereocenters. The monoisotopic (exact) mass is 428 g/mol. The Labute approximate surface area is 184 Å². The van der Waals surface area contributed by atoms with Crippen LogP contribution in [0.25, 0.3) is 0 Å². The molecule has 31 heavy (non-hydrogen) atoms. The molecule has 5 nitrogen and oxygen atoms in total. The van der Waals surface area contributed by atoms with Gasteiger partial charge < -0.3 is 14.5 Å². The topological polar surface area (TPSA) is 49.9 Å². The molecule has 0 spiro atoms. The minimum absolute atomic E-state index is 0.0398. The second-order valence-corrected chi connectivity index (χ2v) is 9.28. The van der Waals surface area contributed by atoms with Crippen molar-refractivity contribution in [3.8, 4) is 0 Å². The highest BCUT2D eigenvalue weighted by Crippen LogP contribution is 2.48. The van der Waals surface area contributed by atoms with Gasteiger partial charge in [0.2, 0.25) is 0 Å². The van der Waals surface area contributed by atoms with E-state index in [2.05, 4.69) is 32.6 Å². The molecule has 1 aliphatic carbocycles. The largest absolute Gasteiger partial charge is 0.483 e. The van der Waals surface area contributed by atoms with Gasteiger partial charge in [-0.25, -0.2) is 4.39 Å². The second kappa shape index (κ2) is 8.73. The predicted octanol–water partition coefficient (Wildman–Crippen LogP) is 3.96. The second-order valence-electron chi connectivity index (χ2n) is 9.28. The lowest BCUT2D eigenvalue weighted by Crippen LogP contribution is -2.43. The molecular weight excluding hydrogens is 395 g/mol. The van der Waals surface area contributed by atoms with Crippen molar-refractivity contribution in [3.63, 3.8) is 0 Å². The lowest BCUT2D eigenvalue weighted by Gasteiger charge is -2.40. The van der Waals surface area contributed by atoms with Crippen LogP contribution in [0.5, 0.6) is 0 Å². The van der Waals surface area contributed by atoms with Gasteiger partial charge in [-0.2, -0.15) is 0 Å². The first kappa shape index (κ1) is 22.0. The molecular formula is C25H33FN2O3. The van der Waals surface area contributed by atoms with Crippen LogP contribution in [0.3, 0.4) is 0 Å². The van der Waals surface area contributed by atoms with Crippen LogP contribution in [0, 0.1) is 23.6 Å². The van der Waals surface area contributed by atoms with Gasteiger partial charge in [0.1, 0.15) is 11.9 Å². The SMILES string of the molecule is CCN(CC)CCN1C(=O)C2=C(C(=O)C3CC(C)C(C)CC3O2)C1c1ccc(F)cc1. The number of benzene rings is 1. The summed E-state index contributed by atoms with van der Waals surface area (Å²) in [5.41, 5.74) is 1.23. The molecule has 3 aliphatic rings. The third-order valence-corrected chi connectivity index (χ3v) is 7.54. The van der Waals surface area contributed by atoms with E-state index in [-0.39, 0.29) is 35.3 Å². The number of amides is 1. The van der Waals surface area contributed by atoms with Gasteiger partial charge in [-0.3, -0.25) is 9.59 Å². The van der Waals surface area contributed by atoms with Crippen LogP contribution in [-0.2, 0) is 14.3 Å². The highest BCUT2D eigenvalue weighted by Gasteiger charge is 2.53. The van der Waals surface area contributed by atoms with E-state index in [9.17, 15) is 14.0 Å². The number of hydrogen-bond acceptors (Lipinski definition) is 4. The maximum Gasteiger partial charge on any atom is 0.290 e. The van der Waals surface area contributed by atoms with Gasteiger partial charge in [0.05, 0.1) is 17.5 Å². The van der Waals surface area contributed by atoms with E-state index in [1.807, 2.05) is 0 Å². The van der Waals surface area contributed by atoms with Gasteiger partial charge in [-0.05, 0) is 55.5 Å². The zero-order valence-electron chi connectivity index (χ0n) is 18.9. The van der Waals surface area contributed by atoms with Gasteiger partial charge in [-0.15, -0.1) is 0 Å². The predicted molar refractivity (Wildman–Crippen MR) is 117 cm³/mol. The summed E-state index contributed by atoms with van der Waals surface area (Å²) in [4.78, 5) is 31.1. The fourth-order valence-corrected chi connectivity index (χ4v) is 5.32. The highest BCUT2D eigenvalue weighted by molar-refractivity contribution is 6.11. The van der Waals surface area contributed by atoms with Gasteiger partial charge in [0.15, 0.2) is 11.5 Å². The van der Waals surface area contributed by atoms with Crippen LogP contribution in [0.1, 0.15) is 52.1 Å². The van der Waals surface area contributed by atoms with E-state index in [0.717, 1.165) is 31.5 Å². The molecule has 1 saturated carbocycles. The summed E-state index contributed by atoms with van der Waals surface area (Å²) in [7, 11) is 0. The van der Waals surface area contributed by atoms with Gasteiger partial charge in [0.25, 0.3) is 5.91 Å². The molecule has 0 bridgehead atoms. The van der Waals surface area contributed by atoms with Crippen LogP contribution < -0.4 is 0 Å². The molecule has 2 aliphatic heterocycles. The number of halogens is 1. The normalized spacial score (nSPS) is 30.5. The zero-order valence-corrected chi connectivity index (χ0v) is 18.9. The number of rotatable bonds is 6.